The van der Waals surface area contributed by atoms with E-state index in [0.717, 1.165) is 6.07 Å². The predicted molar refractivity (Wildman–Crippen MR) is 62.1 cm³/mol. The van der Waals surface area contributed by atoms with Crippen LogP contribution in [-0.2, 0) is 0 Å². The van der Waals surface area contributed by atoms with E-state index < -0.39 is 24.6 Å². The number of carbonyl (C=O) groups is 1. The fraction of sp³-hybridized carbons (Fsp3) is 0.364. The number of alkyl halides is 3. The Balaban J connectivity index is 2.75. The summed E-state index contributed by atoms with van der Waals surface area (Å²) in [6.45, 7) is -1.84. The van der Waals surface area contributed by atoms with Gasteiger partial charge in [0.25, 0.3) is 0 Å². The van der Waals surface area contributed by atoms with Crippen molar-refractivity contribution in [2.45, 2.75) is 6.18 Å². The number of para-hydroxylation sites is 1. The maximum atomic E-state index is 13.3. The summed E-state index contributed by atoms with van der Waals surface area (Å²) in [5.41, 5.74) is 4.96. The minimum absolute atomic E-state index is 0.124. The van der Waals surface area contributed by atoms with E-state index in [1.807, 2.05) is 0 Å². The van der Waals surface area contributed by atoms with Crippen molar-refractivity contribution in [3.63, 3.8) is 0 Å². The number of halogens is 4. The Labute approximate surface area is 107 Å². The average Bonchev–Trinajstić information content (AvgIpc) is 2.30. The van der Waals surface area contributed by atoms with Crippen LogP contribution in [0.25, 0.3) is 0 Å². The number of amides is 2. The molecular formula is C11H13F4N3O. The predicted octanol–water partition coefficient (Wildman–Crippen LogP) is 2.18. The van der Waals surface area contributed by atoms with Gasteiger partial charge in [-0.05, 0) is 12.1 Å². The molecule has 0 aliphatic carbocycles. The van der Waals surface area contributed by atoms with Gasteiger partial charge in [0.05, 0.1) is 5.69 Å². The maximum Gasteiger partial charge on any atom is 0.406 e. The minimum Gasteiger partial charge on any atom is -0.329 e. The number of hydrogen-bond donors (Lipinski definition) is 2. The normalized spacial score (nSPS) is 11.2. The standard InChI is InChI=1S/C11H13F4N3O/c12-8-3-1-2-4-9(8)17-10(19)18(6-5-16)7-11(13,14)15/h1-4H,5-7,16H2,(H,17,19). The quantitative estimate of drug-likeness (QED) is 0.830. The van der Waals surface area contributed by atoms with Gasteiger partial charge >= 0.3 is 12.2 Å². The molecule has 0 unspecified atom stereocenters. The number of urea groups is 1. The average molecular weight is 279 g/mol. The summed E-state index contributed by atoms with van der Waals surface area (Å²) in [5.74, 6) is -0.726. The Morgan fingerprint density at radius 2 is 1.95 bits per heavy atom. The van der Waals surface area contributed by atoms with Crippen molar-refractivity contribution in [3.8, 4) is 0 Å². The first kappa shape index (κ1) is 15.2. The smallest absolute Gasteiger partial charge is 0.329 e. The van der Waals surface area contributed by atoms with E-state index in [9.17, 15) is 22.4 Å². The highest BCUT2D eigenvalue weighted by Gasteiger charge is 2.32. The molecule has 2 amide bonds. The molecule has 0 aliphatic heterocycles. The highest BCUT2D eigenvalue weighted by atomic mass is 19.4. The lowest BCUT2D eigenvalue weighted by molar-refractivity contribution is -0.139. The Kier molecular flexibility index (Phi) is 5.11. The lowest BCUT2D eigenvalue weighted by Gasteiger charge is -2.23. The number of carbonyl (C=O) groups excluding carboxylic acids is 1. The zero-order valence-corrected chi connectivity index (χ0v) is 9.88. The van der Waals surface area contributed by atoms with E-state index in [2.05, 4.69) is 5.32 Å². The number of anilines is 1. The molecule has 0 radical (unpaired) electrons. The summed E-state index contributed by atoms with van der Waals surface area (Å²) in [7, 11) is 0. The van der Waals surface area contributed by atoms with E-state index in [4.69, 9.17) is 5.73 Å². The molecule has 19 heavy (non-hydrogen) atoms. The van der Waals surface area contributed by atoms with Crippen molar-refractivity contribution >= 4 is 11.7 Å². The molecule has 0 spiro atoms. The molecule has 0 aliphatic rings. The van der Waals surface area contributed by atoms with Gasteiger partial charge in [0.1, 0.15) is 12.4 Å². The molecule has 1 rings (SSSR count). The van der Waals surface area contributed by atoms with Crippen LogP contribution in [0.3, 0.4) is 0 Å². The van der Waals surface area contributed by atoms with E-state index in [1.165, 1.54) is 18.2 Å². The Hall–Kier alpha value is -1.83. The second-order valence-electron chi connectivity index (χ2n) is 3.74. The number of nitrogens with zero attached hydrogens (tertiary/aromatic N) is 1. The van der Waals surface area contributed by atoms with Crippen LogP contribution < -0.4 is 11.1 Å². The summed E-state index contributed by atoms with van der Waals surface area (Å²) in [5, 5.41) is 2.07. The van der Waals surface area contributed by atoms with Crippen LogP contribution in [0.15, 0.2) is 24.3 Å². The number of nitrogens with two attached hydrogens (primary N) is 1. The van der Waals surface area contributed by atoms with Crippen LogP contribution >= 0.6 is 0 Å². The van der Waals surface area contributed by atoms with Gasteiger partial charge < -0.3 is 16.0 Å². The van der Waals surface area contributed by atoms with Crippen LogP contribution in [0.5, 0.6) is 0 Å². The third-order valence-electron chi connectivity index (χ3n) is 2.17. The highest BCUT2D eigenvalue weighted by Crippen LogP contribution is 2.18. The first-order chi connectivity index (χ1) is 8.83. The first-order valence-corrected chi connectivity index (χ1v) is 5.41. The van der Waals surface area contributed by atoms with Gasteiger partial charge in [-0.1, -0.05) is 12.1 Å². The lowest BCUT2D eigenvalue weighted by Crippen LogP contribution is -2.44. The van der Waals surface area contributed by atoms with Gasteiger partial charge in [-0.2, -0.15) is 13.2 Å². The van der Waals surface area contributed by atoms with Crippen LogP contribution in [-0.4, -0.2) is 36.7 Å². The van der Waals surface area contributed by atoms with Crippen molar-refractivity contribution in [2.24, 2.45) is 5.73 Å². The summed E-state index contributed by atoms with van der Waals surface area (Å²) in [4.78, 5) is 12.1. The maximum absolute atomic E-state index is 13.3. The number of nitrogens with one attached hydrogen (secondary N) is 1. The molecule has 1 aromatic rings. The Morgan fingerprint density at radius 3 is 2.47 bits per heavy atom. The summed E-state index contributed by atoms with van der Waals surface area (Å²) < 4.78 is 50.1. The van der Waals surface area contributed by atoms with Gasteiger partial charge in [-0.25, -0.2) is 9.18 Å². The monoisotopic (exact) mass is 279 g/mol. The molecule has 0 saturated carbocycles. The Bertz CT molecular complexity index is 436. The zero-order chi connectivity index (χ0) is 14.5. The molecule has 1 aromatic carbocycles. The fourth-order valence-electron chi connectivity index (χ4n) is 1.38. The number of benzene rings is 1. The zero-order valence-electron chi connectivity index (χ0n) is 9.88. The lowest BCUT2D eigenvalue weighted by atomic mass is 10.3. The molecule has 0 atom stereocenters. The van der Waals surface area contributed by atoms with Gasteiger partial charge in [0.15, 0.2) is 0 Å². The molecule has 0 bridgehead atoms. The van der Waals surface area contributed by atoms with Crippen molar-refractivity contribution in [1.82, 2.24) is 4.90 Å². The largest absolute Gasteiger partial charge is 0.406 e. The number of hydrogen-bond acceptors (Lipinski definition) is 2. The van der Waals surface area contributed by atoms with E-state index >= 15 is 0 Å². The topological polar surface area (TPSA) is 58.4 Å². The molecule has 8 heteroatoms. The molecular weight excluding hydrogens is 266 g/mol. The van der Waals surface area contributed by atoms with Crippen LogP contribution in [0.4, 0.5) is 28.0 Å². The molecule has 0 saturated heterocycles. The molecule has 0 aromatic heterocycles. The van der Waals surface area contributed by atoms with Crippen LogP contribution in [0.2, 0.25) is 0 Å². The van der Waals surface area contributed by atoms with Crippen molar-refractivity contribution in [2.75, 3.05) is 25.0 Å². The highest BCUT2D eigenvalue weighted by molar-refractivity contribution is 5.89. The SMILES string of the molecule is NCCN(CC(F)(F)F)C(=O)Nc1ccccc1F. The fourth-order valence-corrected chi connectivity index (χ4v) is 1.38. The van der Waals surface area contributed by atoms with Gasteiger partial charge in [-0.15, -0.1) is 0 Å². The summed E-state index contributed by atoms with van der Waals surface area (Å²) in [6, 6.07) is 4.15. The van der Waals surface area contributed by atoms with Crippen LogP contribution in [0, 0.1) is 5.82 Å². The van der Waals surface area contributed by atoms with E-state index in [-0.39, 0.29) is 18.8 Å². The molecule has 0 fully saturated rings. The Morgan fingerprint density at radius 1 is 1.32 bits per heavy atom. The van der Waals surface area contributed by atoms with Gasteiger partial charge in [-0.3, -0.25) is 0 Å². The molecule has 0 heterocycles. The van der Waals surface area contributed by atoms with Gasteiger partial charge in [0.2, 0.25) is 0 Å². The van der Waals surface area contributed by atoms with E-state index in [1.54, 1.807) is 0 Å². The van der Waals surface area contributed by atoms with Gasteiger partial charge in [0, 0.05) is 13.1 Å². The minimum atomic E-state index is -4.54. The second-order valence-corrected chi connectivity index (χ2v) is 3.74. The van der Waals surface area contributed by atoms with Crippen molar-refractivity contribution < 1.29 is 22.4 Å². The number of rotatable bonds is 4. The second kappa shape index (κ2) is 6.37. The third-order valence-corrected chi connectivity index (χ3v) is 2.17. The molecule has 106 valence electrons. The van der Waals surface area contributed by atoms with Crippen molar-refractivity contribution in [1.29, 1.82) is 0 Å². The molecule has 3 N–H and O–H groups in total. The van der Waals surface area contributed by atoms with E-state index in [0.29, 0.717) is 4.90 Å². The molecule has 4 nitrogen and oxygen atoms in total. The third kappa shape index (κ3) is 5.12. The first-order valence-electron chi connectivity index (χ1n) is 5.41. The van der Waals surface area contributed by atoms with Crippen LogP contribution in [0.1, 0.15) is 0 Å². The summed E-state index contributed by atoms with van der Waals surface area (Å²) in [6.07, 6.45) is -4.54. The summed E-state index contributed by atoms with van der Waals surface area (Å²) >= 11 is 0. The van der Waals surface area contributed by atoms with Crippen molar-refractivity contribution in [3.05, 3.63) is 30.1 Å².